The molecule has 1 heteroatoms. The minimum atomic E-state index is 0.261. The van der Waals surface area contributed by atoms with E-state index in [-0.39, 0.29) is 6.61 Å². The molecule has 0 aromatic rings. The van der Waals surface area contributed by atoms with E-state index in [0.717, 1.165) is 6.42 Å². The van der Waals surface area contributed by atoms with Crippen LogP contribution in [0.3, 0.4) is 0 Å². The predicted octanol–water partition coefficient (Wildman–Crippen LogP) is 1.97. The van der Waals surface area contributed by atoms with Crippen molar-refractivity contribution in [3.63, 3.8) is 0 Å². The van der Waals surface area contributed by atoms with Gasteiger partial charge in [-0.05, 0) is 19.3 Å². The van der Waals surface area contributed by atoms with Crippen molar-refractivity contribution in [2.24, 2.45) is 5.92 Å². The fourth-order valence-corrected chi connectivity index (χ4v) is 0.656. The molecule has 54 valence electrons. The molecule has 0 spiro atoms. The first-order chi connectivity index (χ1) is 4.20. The smallest absolute Gasteiger partial charge is 0.0491 e. The van der Waals surface area contributed by atoms with Crippen molar-refractivity contribution in [1.29, 1.82) is 0 Å². The predicted molar refractivity (Wildman–Crippen MR) is 40.3 cm³/mol. The molecule has 0 radical (unpaired) electrons. The number of aliphatic hydroxyl groups excluding tert-OH is 1. The lowest BCUT2D eigenvalue weighted by atomic mass is 10.1. The minimum Gasteiger partial charge on any atom is -0.396 e. The summed E-state index contributed by atoms with van der Waals surface area (Å²) in [6, 6.07) is 0. The van der Waals surface area contributed by atoms with Crippen LogP contribution >= 0.6 is 0 Å². The van der Waals surface area contributed by atoms with E-state index in [4.69, 9.17) is 5.11 Å². The van der Waals surface area contributed by atoms with Crippen molar-refractivity contribution in [2.45, 2.75) is 27.2 Å². The Morgan fingerprint density at radius 1 is 1.67 bits per heavy atom. The van der Waals surface area contributed by atoms with Gasteiger partial charge in [0, 0.05) is 6.61 Å². The van der Waals surface area contributed by atoms with Crippen LogP contribution < -0.4 is 0 Å². The molecule has 0 aromatic heterocycles. The summed E-state index contributed by atoms with van der Waals surface area (Å²) in [7, 11) is 0. The standard InChI is InChI=1S/C8H16O/c1-4-7(2)5-8(3)6-9/h5,8-9H,4,6H2,1-3H3/b7-5-/t8-/m1/s1. The monoisotopic (exact) mass is 128 g/mol. The van der Waals surface area contributed by atoms with Gasteiger partial charge in [-0.15, -0.1) is 0 Å². The number of aliphatic hydroxyl groups is 1. The molecule has 1 N–H and O–H groups in total. The Morgan fingerprint density at radius 3 is 2.56 bits per heavy atom. The van der Waals surface area contributed by atoms with Gasteiger partial charge >= 0.3 is 0 Å². The summed E-state index contributed by atoms with van der Waals surface area (Å²) < 4.78 is 0. The van der Waals surface area contributed by atoms with Gasteiger partial charge in [-0.25, -0.2) is 0 Å². The van der Waals surface area contributed by atoms with Crippen LogP contribution in [0.1, 0.15) is 27.2 Å². The van der Waals surface area contributed by atoms with Crippen molar-refractivity contribution < 1.29 is 5.11 Å². The maximum Gasteiger partial charge on any atom is 0.0491 e. The van der Waals surface area contributed by atoms with Gasteiger partial charge in [0.1, 0.15) is 0 Å². The fraction of sp³-hybridized carbons (Fsp3) is 0.750. The van der Waals surface area contributed by atoms with Crippen LogP contribution in [0.2, 0.25) is 0 Å². The highest BCUT2D eigenvalue weighted by Gasteiger charge is 1.93. The maximum atomic E-state index is 8.63. The largest absolute Gasteiger partial charge is 0.396 e. The van der Waals surface area contributed by atoms with E-state index >= 15 is 0 Å². The fourth-order valence-electron chi connectivity index (χ4n) is 0.656. The molecule has 0 heterocycles. The molecule has 0 aliphatic heterocycles. The van der Waals surface area contributed by atoms with Crippen LogP contribution in [0.25, 0.3) is 0 Å². The second-order valence-electron chi connectivity index (χ2n) is 2.53. The van der Waals surface area contributed by atoms with Gasteiger partial charge in [-0.1, -0.05) is 25.5 Å². The highest BCUT2D eigenvalue weighted by molar-refractivity contribution is 4.98. The Hall–Kier alpha value is -0.300. The van der Waals surface area contributed by atoms with Gasteiger partial charge in [0.05, 0.1) is 0 Å². The van der Waals surface area contributed by atoms with Crippen LogP contribution in [0.4, 0.5) is 0 Å². The van der Waals surface area contributed by atoms with Crippen LogP contribution in [-0.2, 0) is 0 Å². The molecule has 1 atom stereocenters. The molecule has 0 amide bonds. The average Bonchev–Trinajstić information content (AvgIpc) is 1.87. The number of allylic oxidation sites excluding steroid dienone is 1. The Bertz CT molecular complexity index is 94.7. The van der Waals surface area contributed by atoms with E-state index in [9.17, 15) is 0 Å². The summed E-state index contributed by atoms with van der Waals surface area (Å²) in [6.07, 6.45) is 3.20. The molecule has 0 fully saturated rings. The SMILES string of the molecule is CC/C(C)=C\[C@@H](C)CO. The highest BCUT2D eigenvalue weighted by atomic mass is 16.3. The normalized spacial score (nSPS) is 15.8. The van der Waals surface area contributed by atoms with E-state index in [1.807, 2.05) is 6.92 Å². The maximum absolute atomic E-state index is 8.63. The molecular weight excluding hydrogens is 112 g/mol. The molecule has 0 rings (SSSR count). The third kappa shape index (κ3) is 4.22. The van der Waals surface area contributed by atoms with Gasteiger partial charge in [-0.3, -0.25) is 0 Å². The van der Waals surface area contributed by atoms with Crippen molar-refractivity contribution in [3.05, 3.63) is 11.6 Å². The van der Waals surface area contributed by atoms with E-state index in [2.05, 4.69) is 19.9 Å². The summed E-state index contributed by atoms with van der Waals surface area (Å²) in [5.41, 5.74) is 1.36. The van der Waals surface area contributed by atoms with Crippen molar-refractivity contribution >= 4 is 0 Å². The molecule has 0 aliphatic rings. The highest BCUT2D eigenvalue weighted by Crippen LogP contribution is 2.04. The third-order valence-corrected chi connectivity index (χ3v) is 1.41. The summed E-state index contributed by atoms with van der Waals surface area (Å²) >= 11 is 0. The molecule has 9 heavy (non-hydrogen) atoms. The van der Waals surface area contributed by atoms with Crippen LogP contribution in [0.15, 0.2) is 11.6 Å². The quantitative estimate of drug-likeness (QED) is 0.576. The van der Waals surface area contributed by atoms with Gasteiger partial charge in [0.25, 0.3) is 0 Å². The van der Waals surface area contributed by atoms with Crippen molar-refractivity contribution in [2.75, 3.05) is 6.61 Å². The Morgan fingerprint density at radius 2 is 2.22 bits per heavy atom. The molecule has 0 bridgehead atoms. The number of rotatable bonds is 3. The van der Waals surface area contributed by atoms with E-state index in [1.165, 1.54) is 5.57 Å². The molecule has 0 unspecified atom stereocenters. The first kappa shape index (κ1) is 8.70. The zero-order valence-electron chi connectivity index (χ0n) is 6.52. The topological polar surface area (TPSA) is 20.2 Å². The summed E-state index contributed by atoms with van der Waals surface area (Å²) in [5, 5.41) is 8.63. The van der Waals surface area contributed by atoms with Gasteiger partial charge in [0.2, 0.25) is 0 Å². The Labute approximate surface area is 57.4 Å². The zero-order valence-corrected chi connectivity index (χ0v) is 6.52. The van der Waals surface area contributed by atoms with Crippen molar-refractivity contribution in [3.8, 4) is 0 Å². The van der Waals surface area contributed by atoms with Crippen LogP contribution in [0, 0.1) is 5.92 Å². The lowest BCUT2D eigenvalue weighted by Crippen LogP contribution is -1.96. The molecule has 0 aromatic carbocycles. The zero-order chi connectivity index (χ0) is 7.28. The molecule has 1 nitrogen and oxygen atoms in total. The minimum absolute atomic E-state index is 0.261. The molecule has 0 saturated carbocycles. The lowest BCUT2D eigenvalue weighted by molar-refractivity contribution is 0.261. The van der Waals surface area contributed by atoms with E-state index in [0.29, 0.717) is 5.92 Å². The second-order valence-corrected chi connectivity index (χ2v) is 2.53. The summed E-state index contributed by atoms with van der Waals surface area (Å²) in [5.74, 6) is 0.324. The second kappa shape index (κ2) is 4.57. The molecular formula is C8H16O. The van der Waals surface area contributed by atoms with Crippen LogP contribution in [0.5, 0.6) is 0 Å². The molecule has 0 aliphatic carbocycles. The summed E-state index contributed by atoms with van der Waals surface area (Å²) in [6.45, 7) is 6.48. The first-order valence-corrected chi connectivity index (χ1v) is 3.48. The lowest BCUT2D eigenvalue weighted by Gasteiger charge is -2.01. The van der Waals surface area contributed by atoms with Gasteiger partial charge in [-0.2, -0.15) is 0 Å². The van der Waals surface area contributed by atoms with Gasteiger partial charge in [0.15, 0.2) is 0 Å². The number of hydrogen-bond donors (Lipinski definition) is 1. The Kier molecular flexibility index (Phi) is 4.41. The van der Waals surface area contributed by atoms with Crippen LogP contribution in [-0.4, -0.2) is 11.7 Å². The first-order valence-electron chi connectivity index (χ1n) is 3.48. The third-order valence-electron chi connectivity index (χ3n) is 1.41. The Balaban J connectivity index is 3.64. The van der Waals surface area contributed by atoms with E-state index < -0.39 is 0 Å². The van der Waals surface area contributed by atoms with E-state index in [1.54, 1.807) is 0 Å². The van der Waals surface area contributed by atoms with Gasteiger partial charge < -0.3 is 5.11 Å². The summed E-state index contributed by atoms with van der Waals surface area (Å²) in [4.78, 5) is 0. The molecule has 0 saturated heterocycles. The average molecular weight is 128 g/mol. The number of hydrogen-bond acceptors (Lipinski definition) is 1. The van der Waals surface area contributed by atoms with Crippen molar-refractivity contribution in [1.82, 2.24) is 0 Å².